The topological polar surface area (TPSA) is 49.8 Å². The van der Waals surface area contributed by atoms with E-state index in [0.29, 0.717) is 5.92 Å². The Labute approximate surface area is 101 Å². The molecule has 1 aromatic carbocycles. The van der Waals surface area contributed by atoms with E-state index < -0.39 is 5.97 Å². The third kappa shape index (κ3) is 2.97. The van der Waals surface area contributed by atoms with E-state index in [4.69, 9.17) is 9.84 Å². The van der Waals surface area contributed by atoms with Crippen molar-refractivity contribution in [1.29, 1.82) is 0 Å². The summed E-state index contributed by atoms with van der Waals surface area (Å²) in [6, 6.07) is 7.94. The Balaban J connectivity index is 1.85. The SMILES string of the molecule is COc1ccccc1CN1CC(CC(=O)O)C1. The zero-order valence-electron chi connectivity index (χ0n) is 9.93. The molecule has 0 aromatic heterocycles. The number of nitrogens with zero attached hydrogens (tertiary/aromatic N) is 1. The molecule has 0 unspecified atom stereocenters. The molecule has 1 aliphatic heterocycles. The molecule has 4 heteroatoms. The van der Waals surface area contributed by atoms with E-state index in [2.05, 4.69) is 4.90 Å². The molecule has 0 bridgehead atoms. The summed E-state index contributed by atoms with van der Waals surface area (Å²) in [5.41, 5.74) is 1.16. The highest BCUT2D eigenvalue weighted by Crippen LogP contribution is 2.25. The summed E-state index contributed by atoms with van der Waals surface area (Å²) in [5, 5.41) is 8.67. The lowest BCUT2D eigenvalue weighted by Gasteiger charge is -2.38. The van der Waals surface area contributed by atoms with Crippen molar-refractivity contribution in [2.75, 3.05) is 20.2 Å². The van der Waals surface area contributed by atoms with Crippen LogP contribution in [0.1, 0.15) is 12.0 Å². The Kier molecular flexibility index (Phi) is 3.64. The molecule has 0 aliphatic carbocycles. The highest BCUT2D eigenvalue weighted by atomic mass is 16.5. The van der Waals surface area contributed by atoms with Crippen LogP contribution in [0.15, 0.2) is 24.3 Å². The maximum absolute atomic E-state index is 10.5. The molecule has 1 aliphatic rings. The molecule has 92 valence electrons. The Hall–Kier alpha value is -1.55. The normalized spacial score (nSPS) is 16.5. The first-order valence-corrected chi connectivity index (χ1v) is 5.75. The van der Waals surface area contributed by atoms with Crippen molar-refractivity contribution in [1.82, 2.24) is 4.90 Å². The lowest BCUT2D eigenvalue weighted by molar-refractivity contribution is -0.139. The van der Waals surface area contributed by atoms with Gasteiger partial charge in [0.05, 0.1) is 13.5 Å². The van der Waals surface area contributed by atoms with Crippen molar-refractivity contribution in [3.05, 3.63) is 29.8 Å². The van der Waals surface area contributed by atoms with Crippen LogP contribution in [0.4, 0.5) is 0 Å². The van der Waals surface area contributed by atoms with Gasteiger partial charge in [0.2, 0.25) is 0 Å². The van der Waals surface area contributed by atoms with Crippen LogP contribution in [0.3, 0.4) is 0 Å². The van der Waals surface area contributed by atoms with Crippen molar-refractivity contribution >= 4 is 5.97 Å². The number of ether oxygens (including phenoxy) is 1. The molecule has 1 heterocycles. The number of aliphatic carboxylic acids is 1. The van der Waals surface area contributed by atoms with E-state index in [1.54, 1.807) is 7.11 Å². The summed E-state index contributed by atoms with van der Waals surface area (Å²) in [6.07, 6.45) is 0.280. The van der Waals surface area contributed by atoms with Gasteiger partial charge in [0.25, 0.3) is 0 Å². The van der Waals surface area contributed by atoms with E-state index in [0.717, 1.165) is 30.9 Å². The second-order valence-electron chi connectivity index (χ2n) is 4.47. The van der Waals surface area contributed by atoms with Gasteiger partial charge in [-0.1, -0.05) is 18.2 Å². The van der Waals surface area contributed by atoms with Crippen molar-refractivity contribution in [2.24, 2.45) is 5.92 Å². The fourth-order valence-corrected chi connectivity index (χ4v) is 2.26. The minimum Gasteiger partial charge on any atom is -0.496 e. The number of carboxylic acid groups (broad SMARTS) is 1. The molecule has 0 amide bonds. The number of rotatable bonds is 5. The number of carbonyl (C=O) groups is 1. The van der Waals surface area contributed by atoms with Crippen molar-refractivity contribution < 1.29 is 14.6 Å². The molecular formula is C13H17NO3. The van der Waals surface area contributed by atoms with Gasteiger partial charge in [0.15, 0.2) is 0 Å². The smallest absolute Gasteiger partial charge is 0.303 e. The van der Waals surface area contributed by atoms with Crippen LogP contribution in [0.2, 0.25) is 0 Å². The van der Waals surface area contributed by atoms with Crippen LogP contribution in [-0.4, -0.2) is 36.2 Å². The number of carboxylic acids is 1. The van der Waals surface area contributed by atoms with Gasteiger partial charge in [-0.3, -0.25) is 9.69 Å². The van der Waals surface area contributed by atoms with Crippen LogP contribution in [0.25, 0.3) is 0 Å². The molecule has 4 nitrogen and oxygen atoms in total. The van der Waals surface area contributed by atoms with E-state index in [1.165, 1.54) is 0 Å². The lowest BCUT2D eigenvalue weighted by Crippen LogP contribution is -2.46. The number of para-hydroxylation sites is 1. The Morgan fingerprint density at radius 2 is 2.18 bits per heavy atom. The quantitative estimate of drug-likeness (QED) is 0.842. The molecule has 1 fully saturated rings. The van der Waals surface area contributed by atoms with E-state index in [9.17, 15) is 4.79 Å². The first-order valence-electron chi connectivity index (χ1n) is 5.75. The molecule has 0 atom stereocenters. The average molecular weight is 235 g/mol. The fraction of sp³-hybridized carbons (Fsp3) is 0.462. The minimum atomic E-state index is -0.702. The standard InChI is InChI=1S/C13H17NO3/c1-17-12-5-3-2-4-11(12)9-14-7-10(8-14)6-13(15)16/h2-5,10H,6-9H2,1H3,(H,15,16). The van der Waals surface area contributed by atoms with Crippen molar-refractivity contribution in [3.63, 3.8) is 0 Å². The summed E-state index contributed by atoms with van der Waals surface area (Å²) in [5.74, 6) is 0.503. The first-order chi connectivity index (χ1) is 8.19. The number of methoxy groups -OCH3 is 1. The summed E-state index contributed by atoms with van der Waals surface area (Å²) < 4.78 is 5.29. The zero-order chi connectivity index (χ0) is 12.3. The van der Waals surface area contributed by atoms with Crippen LogP contribution in [0, 0.1) is 5.92 Å². The molecule has 1 aromatic rings. The first kappa shape index (κ1) is 11.9. The van der Waals surface area contributed by atoms with Gasteiger partial charge in [-0.05, 0) is 12.0 Å². The average Bonchev–Trinajstić information content (AvgIpc) is 2.26. The number of hydrogen-bond acceptors (Lipinski definition) is 3. The van der Waals surface area contributed by atoms with Gasteiger partial charge in [-0.2, -0.15) is 0 Å². The summed E-state index contributed by atoms with van der Waals surface area (Å²) in [6.45, 7) is 2.56. The largest absolute Gasteiger partial charge is 0.496 e. The van der Waals surface area contributed by atoms with Gasteiger partial charge in [0.1, 0.15) is 5.75 Å². The van der Waals surface area contributed by atoms with Gasteiger partial charge in [-0.15, -0.1) is 0 Å². The molecule has 2 rings (SSSR count). The van der Waals surface area contributed by atoms with Gasteiger partial charge >= 0.3 is 5.97 Å². The van der Waals surface area contributed by atoms with Crippen molar-refractivity contribution in [3.8, 4) is 5.75 Å². The number of benzene rings is 1. The zero-order valence-corrected chi connectivity index (χ0v) is 9.93. The predicted molar refractivity (Wildman–Crippen MR) is 64.0 cm³/mol. The Morgan fingerprint density at radius 1 is 1.47 bits per heavy atom. The van der Waals surface area contributed by atoms with Gasteiger partial charge in [-0.25, -0.2) is 0 Å². The molecular weight excluding hydrogens is 218 g/mol. The molecule has 0 saturated carbocycles. The summed E-state index contributed by atoms with van der Waals surface area (Å²) in [7, 11) is 1.67. The Morgan fingerprint density at radius 3 is 2.82 bits per heavy atom. The van der Waals surface area contributed by atoms with Crippen LogP contribution in [-0.2, 0) is 11.3 Å². The van der Waals surface area contributed by atoms with Crippen LogP contribution >= 0.6 is 0 Å². The maximum atomic E-state index is 10.5. The predicted octanol–water partition coefficient (Wildman–Crippen LogP) is 1.60. The minimum absolute atomic E-state index is 0.280. The van der Waals surface area contributed by atoms with E-state index >= 15 is 0 Å². The third-order valence-electron chi connectivity index (χ3n) is 3.08. The van der Waals surface area contributed by atoms with Gasteiger partial charge < -0.3 is 9.84 Å². The number of likely N-dealkylation sites (tertiary alicyclic amines) is 1. The van der Waals surface area contributed by atoms with E-state index in [1.807, 2.05) is 24.3 Å². The highest BCUT2D eigenvalue weighted by molar-refractivity contribution is 5.67. The molecule has 17 heavy (non-hydrogen) atoms. The van der Waals surface area contributed by atoms with Crippen LogP contribution < -0.4 is 4.74 Å². The molecule has 0 spiro atoms. The van der Waals surface area contributed by atoms with Crippen LogP contribution in [0.5, 0.6) is 5.75 Å². The monoisotopic (exact) mass is 235 g/mol. The molecule has 0 radical (unpaired) electrons. The second-order valence-corrected chi connectivity index (χ2v) is 4.47. The third-order valence-corrected chi connectivity index (χ3v) is 3.08. The van der Waals surface area contributed by atoms with Gasteiger partial charge in [0, 0.05) is 25.2 Å². The second kappa shape index (κ2) is 5.19. The molecule has 1 saturated heterocycles. The number of hydrogen-bond donors (Lipinski definition) is 1. The summed E-state index contributed by atoms with van der Waals surface area (Å²) in [4.78, 5) is 12.8. The Bertz CT molecular complexity index is 399. The summed E-state index contributed by atoms with van der Waals surface area (Å²) >= 11 is 0. The highest BCUT2D eigenvalue weighted by Gasteiger charge is 2.28. The molecule has 1 N–H and O–H groups in total. The maximum Gasteiger partial charge on any atom is 0.303 e. The van der Waals surface area contributed by atoms with E-state index in [-0.39, 0.29) is 6.42 Å². The lowest BCUT2D eigenvalue weighted by atomic mass is 9.95. The fourth-order valence-electron chi connectivity index (χ4n) is 2.26. The van der Waals surface area contributed by atoms with Crippen molar-refractivity contribution in [2.45, 2.75) is 13.0 Å².